The number of aromatic carboxylic acids is 1. The molecule has 1 N–H and O–H groups in total. The second-order valence-corrected chi connectivity index (χ2v) is 5.15. The molecule has 1 aromatic heterocycles. The van der Waals surface area contributed by atoms with E-state index in [0.29, 0.717) is 9.24 Å². The normalized spacial score (nSPS) is 10.2. The first kappa shape index (κ1) is 12.5. The first-order valence-electron chi connectivity index (χ1n) is 4.54. The van der Waals surface area contributed by atoms with Crippen LogP contribution >= 0.6 is 23.3 Å². The zero-order valence-corrected chi connectivity index (χ0v) is 10.3. The van der Waals surface area contributed by atoms with Gasteiger partial charge in [-0.1, -0.05) is 11.8 Å². The Kier molecular flexibility index (Phi) is 3.53. The molecule has 7 nitrogen and oxygen atoms in total. The molecule has 0 radical (unpaired) electrons. The first-order valence-corrected chi connectivity index (χ1v) is 6.13. The molecule has 92 valence electrons. The highest BCUT2D eigenvalue weighted by molar-refractivity contribution is 8.01. The van der Waals surface area contributed by atoms with E-state index in [1.807, 2.05) is 0 Å². The van der Waals surface area contributed by atoms with E-state index in [1.54, 1.807) is 0 Å². The topological polar surface area (TPSA) is 106 Å². The van der Waals surface area contributed by atoms with Crippen molar-refractivity contribution in [2.24, 2.45) is 0 Å². The predicted octanol–water partition coefficient (Wildman–Crippen LogP) is 2.30. The summed E-state index contributed by atoms with van der Waals surface area (Å²) in [6.07, 6.45) is 1.39. The van der Waals surface area contributed by atoms with Crippen LogP contribution in [0.2, 0.25) is 0 Å². The number of rotatable bonds is 4. The summed E-state index contributed by atoms with van der Waals surface area (Å²) in [5.74, 6) is -1.33. The van der Waals surface area contributed by atoms with Gasteiger partial charge in [-0.15, -0.1) is 0 Å². The smallest absolute Gasteiger partial charge is 0.342 e. The van der Waals surface area contributed by atoms with Gasteiger partial charge in [0, 0.05) is 11.0 Å². The van der Waals surface area contributed by atoms with Crippen LogP contribution in [0.4, 0.5) is 5.69 Å². The summed E-state index contributed by atoms with van der Waals surface area (Å²) in [7, 11) is 0. The number of hydrogen-bond acceptors (Lipinski definition) is 7. The standard InChI is InChI=1S/C9H5N3O4S2/c13-8(14)6-3-5(1-2-7(6)12(15)16)17-9-10-4-11-18-9/h1-4H,(H,13,14). The molecule has 2 aromatic rings. The van der Waals surface area contributed by atoms with Gasteiger partial charge in [0.15, 0.2) is 4.34 Å². The lowest BCUT2D eigenvalue weighted by Gasteiger charge is -2.01. The van der Waals surface area contributed by atoms with E-state index in [0.717, 1.165) is 11.5 Å². The SMILES string of the molecule is O=C(O)c1cc(Sc2ncns2)ccc1[N+](=O)[O-]. The third kappa shape index (κ3) is 2.63. The Labute approximate surface area is 109 Å². The highest BCUT2D eigenvalue weighted by Gasteiger charge is 2.20. The zero-order valence-electron chi connectivity index (χ0n) is 8.64. The number of hydrogen-bond donors (Lipinski definition) is 1. The van der Waals surface area contributed by atoms with Gasteiger partial charge in [-0.3, -0.25) is 10.1 Å². The van der Waals surface area contributed by atoms with Gasteiger partial charge in [-0.2, -0.15) is 4.37 Å². The number of nitro benzene ring substituents is 1. The second-order valence-electron chi connectivity index (χ2n) is 3.05. The molecule has 0 bridgehead atoms. The highest BCUT2D eigenvalue weighted by Crippen LogP contribution is 2.31. The maximum absolute atomic E-state index is 10.9. The Morgan fingerprint density at radius 1 is 1.50 bits per heavy atom. The molecule has 0 unspecified atom stereocenters. The minimum Gasteiger partial charge on any atom is -0.477 e. The molecule has 0 aliphatic heterocycles. The van der Waals surface area contributed by atoms with E-state index in [2.05, 4.69) is 9.36 Å². The van der Waals surface area contributed by atoms with Gasteiger partial charge in [0.1, 0.15) is 11.9 Å². The fourth-order valence-corrected chi connectivity index (χ4v) is 2.68. The van der Waals surface area contributed by atoms with E-state index < -0.39 is 16.6 Å². The molecular formula is C9H5N3O4S2. The molecule has 18 heavy (non-hydrogen) atoms. The van der Waals surface area contributed by atoms with Gasteiger partial charge in [0.05, 0.1) is 4.92 Å². The Bertz CT molecular complexity index is 600. The zero-order chi connectivity index (χ0) is 13.1. The van der Waals surface area contributed by atoms with Crippen LogP contribution in [0.5, 0.6) is 0 Å². The Hall–Kier alpha value is -2.00. The minimum absolute atomic E-state index is 0.338. The molecule has 2 rings (SSSR count). The van der Waals surface area contributed by atoms with Crippen molar-refractivity contribution in [1.82, 2.24) is 9.36 Å². The Morgan fingerprint density at radius 2 is 2.28 bits per heavy atom. The molecule has 0 amide bonds. The predicted molar refractivity (Wildman–Crippen MR) is 64.1 cm³/mol. The molecule has 1 heterocycles. The average molecular weight is 283 g/mol. The number of carboxylic acids is 1. The highest BCUT2D eigenvalue weighted by atomic mass is 32.2. The van der Waals surface area contributed by atoms with Crippen LogP contribution in [-0.2, 0) is 0 Å². The van der Waals surface area contributed by atoms with Crippen LogP contribution in [0.3, 0.4) is 0 Å². The van der Waals surface area contributed by atoms with Gasteiger partial charge in [-0.05, 0) is 23.7 Å². The summed E-state index contributed by atoms with van der Waals surface area (Å²) in [6.45, 7) is 0. The molecule has 0 saturated carbocycles. The molecule has 0 fully saturated rings. The van der Waals surface area contributed by atoms with Gasteiger partial charge >= 0.3 is 5.97 Å². The van der Waals surface area contributed by atoms with Crippen molar-refractivity contribution < 1.29 is 14.8 Å². The van der Waals surface area contributed by atoms with Crippen molar-refractivity contribution in [2.75, 3.05) is 0 Å². The lowest BCUT2D eigenvalue weighted by atomic mass is 10.2. The van der Waals surface area contributed by atoms with Crippen molar-refractivity contribution in [1.29, 1.82) is 0 Å². The third-order valence-electron chi connectivity index (χ3n) is 1.94. The fraction of sp³-hybridized carbons (Fsp3) is 0. The Morgan fingerprint density at radius 3 is 2.83 bits per heavy atom. The van der Waals surface area contributed by atoms with Crippen molar-refractivity contribution >= 4 is 35.0 Å². The number of nitrogens with zero attached hydrogens (tertiary/aromatic N) is 3. The van der Waals surface area contributed by atoms with E-state index >= 15 is 0 Å². The molecule has 0 atom stereocenters. The monoisotopic (exact) mass is 283 g/mol. The van der Waals surface area contributed by atoms with Gasteiger partial charge in [-0.25, -0.2) is 9.78 Å². The van der Waals surface area contributed by atoms with E-state index in [-0.39, 0.29) is 5.56 Å². The van der Waals surface area contributed by atoms with Crippen molar-refractivity contribution in [3.8, 4) is 0 Å². The van der Waals surface area contributed by atoms with Crippen molar-refractivity contribution in [3.63, 3.8) is 0 Å². The van der Waals surface area contributed by atoms with Crippen LogP contribution in [0.15, 0.2) is 33.8 Å². The first-order chi connectivity index (χ1) is 8.58. The van der Waals surface area contributed by atoms with E-state index in [1.165, 1.54) is 36.3 Å². The van der Waals surface area contributed by atoms with Crippen LogP contribution in [0.25, 0.3) is 0 Å². The molecule has 1 aromatic carbocycles. The number of aromatic nitrogens is 2. The number of carbonyl (C=O) groups is 1. The average Bonchev–Trinajstić information content (AvgIpc) is 2.81. The lowest BCUT2D eigenvalue weighted by Crippen LogP contribution is -2.02. The number of benzene rings is 1. The van der Waals surface area contributed by atoms with E-state index in [4.69, 9.17) is 5.11 Å². The van der Waals surface area contributed by atoms with Gasteiger partial charge in [0.2, 0.25) is 0 Å². The molecule has 0 spiro atoms. The maximum atomic E-state index is 10.9. The molecular weight excluding hydrogens is 278 g/mol. The summed E-state index contributed by atoms with van der Waals surface area (Å²) in [4.78, 5) is 25.4. The summed E-state index contributed by atoms with van der Waals surface area (Å²) in [6, 6.07) is 3.91. The molecule has 9 heteroatoms. The largest absolute Gasteiger partial charge is 0.477 e. The molecule has 0 aliphatic rings. The summed E-state index contributed by atoms with van der Waals surface area (Å²) < 4.78 is 4.45. The fourth-order valence-electron chi connectivity index (χ4n) is 1.22. The quantitative estimate of drug-likeness (QED) is 0.677. The van der Waals surface area contributed by atoms with Crippen LogP contribution in [0, 0.1) is 10.1 Å². The van der Waals surface area contributed by atoms with Gasteiger partial charge in [0.25, 0.3) is 5.69 Å². The number of carboxylic acid groups (broad SMARTS) is 1. The van der Waals surface area contributed by atoms with Crippen molar-refractivity contribution in [3.05, 3.63) is 40.2 Å². The molecule has 0 saturated heterocycles. The maximum Gasteiger partial charge on any atom is 0.342 e. The van der Waals surface area contributed by atoms with Gasteiger partial charge < -0.3 is 5.11 Å². The molecule has 0 aliphatic carbocycles. The summed E-state index contributed by atoms with van der Waals surface area (Å²) in [5, 5.41) is 19.6. The van der Waals surface area contributed by atoms with Crippen molar-refractivity contribution in [2.45, 2.75) is 9.24 Å². The van der Waals surface area contributed by atoms with Crippen LogP contribution < -0.4 is 0 Å². The number of nitro groups is 1. The third-order valence-corrected chi connectivity index (χ3v) is 3.65. The summed E-state index contributed by atoms with van der Waals surface area (Å²) >= 11 is 2.37. The Balaban J connectivity index is 2.37. The minimum atomic E-state index is -1.33. The lowest BCUT2D eigenvalue weighted by molar-refractivity contribution is -0.385. The summed E-state index contributed by atoms with van der Waals surface area (Å²) in [5.41, 5.74) is -0.765. The van der Waals surface area contributed by atoms with Crippen LogP contribution in [-0.4, -0.2) is 25.4 Å². The second kappa shape index (κ2) is 5.10. The van der Waals surface area contributed by atoms with E-state index in [9.17, 15) is 14.9 Å². The van der Waals surface area contributed by atoms with Crippen LogP contribution in [0.1, 0.15) is 10.4 Å².